The minimum absolute atomic E-state index is 0.336. The summed E-state index contributed by atoms with van der Waals surface area (Å²) in [6.45, 7) is 12.4. The molecule has 1 saturated heterocycles. The minimum Gasteiger partial charge on any atom is -0.456 e. The molecular formula is C32H39ClN2O12. The van der Waals surface area contributed by atoms with Crippen LogP contribution >= 0.6 is 11.6 Å². The molecule has 1 fully saturated rings. The van der Waals surface area contributed by atoms with Crippen molar-refractivity contribution in [1.29, 1.82) is 0 Å². The number of hydrogen-bond acceptors (Lipinski definition) is 13. The van der Waals surface area contributed by atoms with E-state index in [1.54, 1.807) is 65.8 Å². The Bertz CT molecular complexity index is 1370. The van der Waals surface area contributed by atoms with E-state index in [0.717, 1.165) is 10.6 Å². The topological polar surface area (TPSA) is 173 Å². The van der Waals surface area contributed by atoms with Gasteiger partial charge in [-0.3, -0.25) is 24.0 Å². The fourth-order valence-corrected chi connectivity index (χ4v) is 3.29. The molecule has 14 nitrogen and oxygen atoms in total. The second-order valence-corrected chi connectivity index (χ2v) is 11.9. The maximum Gasteiger partial charge on any atom is 0.535 e. The first-order valence-corrected chi connectivity index (χ1v) is 14.4. The number of carbonyl (C=O) groups is 6. The number of hydroxylamine groups is 2. The molecule has 0 unspecified atom stereocenters. The third kappa shape index (κ3) is 17.3. The molecule has 3 rings (SSSR count). The third-order valence-corrected chi connectivity index (χ3v) is 5.01. The van der Waals surface area contributed by atoms with Crippen LogP contribution in [0, 0.1) is 0 Å². The monoisotopic (exact) mass is 678 g/mol. The van der Waals surface area contributed by atoms with Crippen LogP contribution < -0.4 is 0 Å². The highest BCUT2D eigenvalue weighted by Gasteiger charge is 2.54. The molecule has 1 amide bonds. The lowest BCUT2D eigenvalue weighted by atomic mass is 9.93. The van der Waals surface area contributed by atoms with Crippen molar-refractivity contribution in [1.82, 2.24) is 5.06 Å². The second-order valence-electron chi connectivity index (χ2n) is 11.4. The van der Waals surface area contributed by atoms with Crippen LogP contribution in [-0.2, 0) is 47.8 Å². The predicted octanol–water partition coefficient (Wildman–Crippen LogP) is 5.66. The van der Waals surface area contributed by atoms with Crippen molar-refractivity contribution in [3.05, 3.63) is 71.8 Å². The van der Waals surface area contributed by atoms with Crippen LogP contribution in [0.3, 0.4) is 0 Å². The van der Waals surface area contributed by atoms with Crippen molar-refractivity contribution in [2.45, 2.75) is 78.7 Å². The van der Waals surface area contributed by atoms with Crippen LogP contribution in [0.1, 0.15) is 72.6 Å². The van der Waals surface area contributed by atoms with E-state index in [0.29, 0.717) is 5.56 Å². The standard InChI is InChI=1S/C16H19NO6.C12H15NO3.C4H5ClO3/c1-10(18)21-13-12(11-8-6-5-7-9-11)17(14(13)19)23-15(20)22-16(2,3)4;1-12(2,3)15-11(14)16-13-9-10-7-5-4-6-8-10;1-3(6)8-2-4(5)7/h5-9,12-13H,1-4H3;4-9H,1-3H3;2H2,1H3/b;13-9-;/t12-,13+;;/m0../s1. The number of oxime groups is 1. The Morgan fingerprint density at radius 3 is 1.77 bits per heavy atom. The molecule has 0 spiro atoms. The summed E-state index contributed by atoms with van der Waals surface area (Å²) in [6, 6.07) is 17.5. The smallest absolute Gasteiger partial charge is 0.456 e. The van der Waals surface area contributed by atoms with Gasteiger partial charge in [-0.25, -0.2) is 9.59 Å². The van der Waals surface area contributed by atoms with E-state index in [1.807, 2.05) is 36.4 Å². The predicted molar refractivity (Wildman–Crippen MR) is 168 cm³/mol. The zero-order chi connectivity index (χ0) is 35.8. The molecule has 1 aliphatic heterocycles. The van der Waals surface area contributed by atoms with Crippen molar-refractivity contribution in [2.75, 3.05) is 6.61 Å². The number of benzene rings is 2. The highest BCUT2D eigenvalue weighted by atomic mass is 35.5. The molecule has 15 heteroatoms. The average Bonchev–Trinajstić information content (AvgIpc) is 2.95. The van der Waals surface area contributed by atoms with Crippen LogP contribution in [0.5, 0.6) is 0 Å². The van der Waals surface area contributed by atoms with Gasteiger partial charge in [0.2, 0.25) is 6.10 Å². The van der Waals surface area contributed by atoms with Crippen LogP contribution in [0.4, 0.5) is 9.59 Å². The van der Waals surface area contributed by atoms with Crippen molar-refractivity contribution in [3.8, 4) is 0 Å². The van der Waals surface area contributed by atoms with Gasteiger partial charge in [0.05, 0.1) is 6.21 Å². The molecule has 1 heterocycles. The van der Waals surface area contributed by atoms with Gasteiger partial charge in [0.25, 0.3) is 11.1 Å². The van der Waals surface area contributed by atoms with E-state index in [1.165, 1.54) is 20.1 Å². The normalized spacial score (nSPS) is 15.3. The molecule has 256 valence electrons. The second kappa shape index (κ2) is 18.9. The van der Waals surface area contributed by atoms with Gasteiger partial charge in [0.1, 0.15) is 17.2 Å². The first-order valence-electron chi connectivity index (χ1n) is 14.1. The number of rotatable bonds is 7. The molecule has 0 N–H and O–H groups in total. The van der Waals surface area contributed by atoms with Gasteiger partial charge in [-0.15, -0.1) is 0 Å². The summed E-state index contributed by atoms with van der Waals surface area (Å²) < 4.78 is 19.1. The summed E-state index contributed by atoms with van der Waals surface area (Å²) in [5.74, 6) is -1.69. The van der Waals surface area contributed by atoms with E-state index in [4.69, 9.17) is 30.6 Å². The minimum atomic E-state index is -1.02. The SMILES string of the molecule is CC(=O)OCC(=O)Cl.CC(=O)O[C@H]1C(=O)N(OC(=O)OC(C)(C)C)[C@H]1c1ccccc1.CC(C)(C)OC(=O)O/N=C\c1ccccc1. The average molecular weight is 679 g/mol. The molecule has 1 aliphatic rings. The first kappa shape index (κ1) is 40.0. The number of nitrogens with zero attached hydrogens (tertiary/aromatic N) is 2. The lowest BCUT2D eigenvalue weighted by Gasteiger charge is -2.43. The van der Waals surface area contributed by atoms with Crippen molar-refractivity contribution < 1.29 is 57.4 Å². The first-order chi connectivity index (χ1) is 21.8. The zero-order valence-corrected chi connectivity index (χ0v) is 28.1. The van der Waals surface area contributed by atoms with Gasteiger partial charge < -0.3 is 23.8 Å². The van der Waals surface area contributed by atoms with Gasteiger partial charge in [-0.05, 0) is 64.3 Å². The fraction of sp³-hybridized carbons (Fsp3) is 0.406. The largest absolute Gasteiger partial charge is 0.535 e. The molecule has 47 heavy (non-hydrogen) atoms. The third-order valence-electron chi connectivity index (χ3n) is 4.90. The Morgan fingerprint density at radius 2 is 1.32 bits per heavy atom. The van der Waals surface area contributed by atoms with Crippen molar-refractivity contribution in [2.24, 2.45) is 5.16 Å². The highest BCUT2D eigenvalue weighted by Crippen LogP contribution is 2.37. The van der Waals surface area contributed by atoms with Crippen molar-refractivity contribution in [3.63, 3.8) is 0 Å². The maximum absolute atomic E-state index is 12.1. The van der Waals surface area contributed by atoms with E-state index in [2.05, 4.69) is 14.7 Å². The summed E-state index contributed by atoms with van der Waals surface area (Å²) in [4.78, 5) is 75.4. The molecule has 0 radical (unpaired) electrons. The number of hydrogen-bond donors (Lipinski definition) is 0. The summed E-state index contributed by atoms with van der Waals surface area (Å²) in [6.07, 6.45) is -1.37. The van der Waals surface area contributed by atoms with Crippen LogP contribution in [-0.4, -0.2) is 70.6 Å². The molecule has 2 atom stereocenters. The van der Waals surface area contributed by atoms with Gasteiger partial charge >= 0.3 is 24.2 Å². The number of ether oxygens (including phenoxy) is 4. The quantitative estimate of drug-likeness (QED) is 0.0670. The lowest BCUT2D eigenvalue weighted by Crippen LogP contribution is -2.60. The van der Waals surface area contributed by atoms with E-state index in [9.17, 15) is 28.8 Å². The Kier molecular flexibility index (Phi) is 16.1. The summed E-state index contributed by atoms with van der Waals surface area (Å²) in [5, 5.41) is 3.73. The van der Waals surface area contributed by atoms with Crippen LogP contribution in [0.2, 0.25) is 0 Å². The summed E-state index contributed by atoms with van der Waals surface area (Å²) >= 11 is 4.81. The molecule has 0 aromatic heterocycles. The molecule has 2 aromatic carbocycles. The van der Waals surface area contributed by atoms with Crippen LogP contribution in [0.25, 0.3) is 0 Å². The Labute approximate surface area is 277 Å². The molecule has 2 aromatic rings. The highest BCUT2D eigenvalue weighted by molar-refractivity contribution is 6.64. The lowest BCUT2D eigenvalue weighted by molar-refractivity contribution is -0.245. The number of β-lactam (4-membered cyclic amide) rings is 1. The van der Waals surface area contributed by atoms with E-state index >= 15 is 0 Å². The zero-order valence-electron chi connectivity index (χ0n) is 27.4. The molecular weight excluding hydrogens is 640 g/mol. The van der Waals surface area contributed by atoms with E-state index in [-0.39, 0.29) is 6.61 Å². The Hall–Kier alpha value is -4.98. The van der Waals surface area contributed by atoms with Gasteiger partial charge in [0, 0.05) is 13.8 Å². The Balaban J connectivity index is 0.000000398. The molecule has 0 aliphatic carbocycles. The number of carbonyl (C=O) groups excluding carboxylic acids is 6. The van der Waals surface area contributed by atoms with Gasteiger partial charge in [-0.1, -0.05) is 65.8 Å². The number of esters is 2. The van der Waals surface area contributed by atoms with Crippen LogP contribution in [0.15, 0.2) is 65.8 Å². The number of amides is 1. The summed E-state index contributed by atoms with van der Waals surface area (Å²) in [5.41, 5.74) is 0.218. The van der Waals surface area contributed by atoms with Crippen molar-refractivity contribution >= 4 is 53.2 Å². The van der Waals surface area contributed by atoms with Gasteiger partial charge in [-0.2, -0.15) is 5.06 Å². The fourth-order valence-electron chi connectivity index (χ4n) is 3.24. The Morgan fingerprint density at radius 1 is 0.809 bits per heavy atom. The van der Waals surface area contributed by atoms with Gasteiger partial charge in [0.15, 0.2) is 6.61 Å². The summed E-state index contributed by atoms with van der Waals surface area (Å²) in [7, 11) is 0. The number of halogens is 1. The molecule has 0 bridgehead atoms. The maximum atomic E-state index is 12.1. The molecule has 0 saturated carbocycles. The van der Waals surface area contributed by atoms with E-state index < -0.39 is 58.7 Å².